The minimum Gasteiger partial charge on any atom is -0.382 e. The van der Waals surface area contributed by atoms with Crippen LogP contribution in [-0.4, -0.2) is 28.0 Å². The Kier molecular flexibility index (Phi) is 6.53. The van der Waals surface area contributed by atoms with Gasteiger partial charge in [0.25, 0.3) is 0 Å². The van der Waals surface area contributed by atoms with Gasteiger partial charge in [0.15, 0.2) is 0 Å². The van der Waals surface area contributed by atoms with Crippen LogP contribution in [0.5, 0.6) is 0 Å². The van der Waals surface area contributed by atoms with Crippen molar-refractivity contribution in [2.75, 3.05) is 24.6 Å². The molecule has 0 saturated heterocycles. The Morgan fingerprint density at radius 3 is 2.08 bits per heavy atom. The lowest BCUT2D eigenvalue weighted by Crippen LogP contribution is -2.30. The van der Waals surface area contributed by atoms with Gasteiger partial charge in [0.1, 0.15) is 17.5 Å². The number of hydrogen-bond donors (Lipinski definition) is 2. The van der Waals surface area contributed by atoms with Gasteiger partial charge in [0.2, 0.25) is 5.95 Å². The normalized spacial score (nSPS) is 11.3. The van der Waals surface area contributed by atoms with Crippen molar-refractivity contribution in [3.05, 3.63) is 35.4 Å². The van der Waals surface area contributed by atoms with E-state index in [1.807, 2.05) is 12.1 Å². The first kappa shape index (κ1) is 19.7. The van der Waals surface area contributed by atoms with Crippen LogP contribution in [-0.2, 0) is 6.54 Å². The largest absolute Gasteiger partial charge is 0.382 e. The molecule has 6 nitrogen and oxygen atoms in total. The molecule has 6 heteroatoms. The van der Waals surface area contributed by atoms with Gasteiger partial charge in [-0.25, -0.2) is 4.98 Å². The van der Waals surface area contributed by atoms with Crippen molar-refractivity contribution in [3.63, 3.8) is 0 Å². The molecule has 1 aromatic heterocycles. The molecule has 0 atom stereocenters. The van der Waals surface area contributed by atoms with Crippen LogP contribution in [0, 0.1) is 23.2 Å². The molecule has 1 heterocycles. The van der Waals surface area contributed by atoms with Crippen LogP contribution in [0.15, 0.2) is 24.3 Å². The molecule has 0 aliphatic carbocycles. The van der Waals surface area contributed by atoms with Crippen molar-refractivity contribution in [2.24, 2.45) is 11.8 Å². The number of nitrogens with zero attached hydrogens (tertiary/aromatic N) is 4. The van der Waals surface area contributed by atoms with E-state index in [1.54, 1.807) is 0 Å². The van der Waals surface area contributed by atoms with E-state index < -0.39 is 0 Å². The first-order chi connectivity index (χ1) is 12.3. The standard InChI is InChI=1S/C20H28N6/c1-13(2)10-26(11-14(3)4)12-15-5-7-16(8-6-15)18-17(9-21)19(22)25-20(23)24-18/h5-8,13-14H,10-12H2,1-4H3,(H4,22,23,24,25). The van der Waals surface area contributed by atoms with Crippen LogP contribution in [0.1, 0.15) is 38.8 Å². The summed E-state index contributed by atoms with van der Waals surface area (Å²) in [4.78, 5) is 10.5. The zero-order chi connectivity index (χ0) is 19.3. The molecule has 0 aliphatic heterocycles. The highest BCUT2D eigenvalue weighted by molar-refractivity contribution is 5.73. The molecular formula is C20H28N6. The topological polar surface area (TPSA) is 105 Å². The second-order valence-corrected chi connectivity index (χ2v) is 7.48. The van der Waals surface area contributed by atoms with Gasteiger partial charge in [-0.3, -0.25) is 4.90 Å². The lowest BCUT2D eigenvalue weighted by atomic mass is 10.0. The smallest absolute Gasteiger partial charge is 0.222 e. The monoisotopic (exact) mass is 352 g/mol. The second-order valence-electron chi connectivity index (χ2n) is 7.48. The van der Waals surface area contributed by atoms with E-state index in [1.165, 1.54) is 5.56 Å². The van der Waals surface area contributed by atoms with Gasteiger partial charge >= 0.3 is 0 Å². The van der Waals surface area contributed by atoms with Gasteiger partial charge in [0, 0.05) is 25.2 Å². The SMILES string of the molecule is CC(C)CN(Cc1ccc(-c2nc(N)nc(N)c2C#N)cc1)CC(C)C. The summed E-state index contributed by atoms with van der Waals surface area (Å²) in [6.07, 6.45) is 0. The fourth-order valence-electron chi connectivity index (χ4n) is 3.08. The Morgan fingerprint density at radius 2 is 1.58 bits per heavy atom. The number of anilines is 2. The van der Waals surface area contributed by atoms with E-state index >= 15 is 0 Å². The molecule has 1 aromatic carbocycles. The molecule has 0 spiro atoms. The third kappa shape index (κ3) is 5.17. The predicted molar refractivity (Wildman–Crippen MR) is 106 cm³/mol. The molecule has 0 amide bonds. The predicted octanol–water partition coefficient (Wildman–Crippen LogP) is 3.29. The molecule has 0 radical (unpaired) electrons. The minimum atomic E-state index is 0.0700. The number of benzene rings is 1. The Bertz CT molecular complexity index is 764. The Hall–Kier alpha value is -2.65. The van der Waals surface area contributed by atoms with Crippen LogP contribution in [0.3, 0.4) is 0 Å². The Morgan fingerprint density at radius 1 is 1.00 bits per heavy atom. The van der Waals surface area contributed by atoms with Crippen molar-refractivity contribution in [1.29, 1.82) is 5.26 Å². The summed E-state index contributed by atoms with van der Waals surface area (Å²) in [5.74, 6) is 1.43. The number of hydrogen-bond acceptors (Lipinski definition) is 6. The summed E-state index contributed by atoms with van der Waals surface area (Å²) in [7, 11) is 0. The van der Waals surface area contributed by atoms with Gasteiger partial charge in [0.05, 0.1) is 5.69 Å². The first-order valence-electron chi connectivity index (χ1n) is 8.94. The minimum absolute atomic E-state index is 0.0700. The molecule has 0 bridgehead atoms. The average molecular weight is 352 g/mol. The maximum Gasteiger partial charge on any atom is 0.222 e. The van der Waals surface area contributed by atoms with Gasteiger partial charge < -0.3 is 11.5 Å². The van der Waals surface area contributed by atoms with Crippen molar-refractivity contribution in [3.8, 4) is 17.3 Å². The summed E-state index contributed by atoms with van der Waals surface area (Å²) >= 11 is 0. The van der Waals surface area contributed by atoms with Crippen molar-refractivity contribution >= 4 is 11.8 Å². The van der Waals surface area contributed by atoms with Crippen LogP contribution in [0.2, 0.25) is 0 Å². The fourth-order valence-corrected chi connectivity index (χ4v) is 3.08. The van der Waals surface area contributed by atoms with Gasteiger partial charge in [-0.15, -0.1) is 0 Å². The lowest BCUT2D eigenvalue weighted by Gasteiger charge is -2.26. The van der Waals surface area contributed by atoms with Gasteiger partial charge in [-0.05, 0) is 17.4 Å². The van der Waals surface area contributed by atoms with Crippen LogP contribution >= 0.6 is 0 Å². The molecule has 0 aliphatic rings. The van der Waals surface area contributed by atoms with E-state index in [-0.39, 0.29) is 17.3 Å². The van der Waals surface area contributed by atoms with Gasteiger partial charge in [-0.1, -0.05) is 52.0 Å². The Labute approximate surface area is 155 Å². The maximum atomic E-state index is 9.34. The van der Waals surface area contributed by atoms with Crippen LogP contribution in [0.4, 0.5) is 11.8 Å². The number of nitrogens with two attached hydrogens (primary N) is 2. The van der Waals surface area contributed by atoms with Gasteiger partial charge in [-0.2, -0.15) is 10.2 Å². The van der Waals surface area contributed by atoms with Crippen molar-refractivity contribution in [1.82, 2.24) is 14.9 Å². The molecule has 2 aromatic rings. The molecule has 26 heavy (non-hydrogen) atoms. The Balaban J connectivity index is 2.24. The van der Waals surface area contributed by atoms with Crippen LogP contribution < -0.4 is 11.5 Å². The van der Waals surface area contributed by atoms with Crippen molar-refractivity contribution in [2.45, 2.75) is 34.2 Å². The average Bonchev–Trinajstić information content (AvgIpc) is 2.53. The zero-order valence-corrected chi connectivity index (χ0v) is 16.0. The quantitative estimate of drug-likeness (QED) is 0.792. The second kappa shape index (κ2) is 8.63. The zero-order valence-electron chi connectivity index (χ0n) is 16.0. The third-order valence-corrected chi connectivity index (χ3v) is 3.95. The molecule has 138 valence electrons. The van der Waals surface area contributed by atoms with E-state index in [4.69, 9.17) is 11.5 Å². The molecule has 2 rings (SSSR count). The molecule has 4 N–H and O–H groups in total. The summed E-state index contributed by atoms with van der Waals surface area (Å²) in [6, 6.07) is 10.1. The number of aromatic nitrogens is 2. The number of rotatable bonds is 7. The van der Waals surface area contributed by atoms with Crippen molar-refractivity contribution < 1.29 is 0 Å². The molecule has 0 saturated carbocycles. The highest BCUT2D eigenvalue weighted by Crippen LogP contribution is 2.25. The molecule has 0 unspecified atom stereocenters. The van der Waals surface area contributed by atoms with E-state index in [0.29, 0.717) is 17.5 Å². The summed E-state index contributed by atoms with van der Waals surface area (Å²) in [5, 5.41) is 9.34. The highest BCUT2D eigenvalue weighted by atomic mass is 15.1. The lowest BCUT2D eigenvalue weighted by molar-refractivity contribution is 0.211. The summed E-state index contributed by atoms with van der Waals surface area (Å²) < 4.78 is 0. The van der Waals surface area contributed by atoms with E-state index in [0.717, 1.165) is 25.2 Å². The molecular weight excluding hydrogens is 324 g/mol. The fraction of sp³-hybridized carbons (Fsp3) is 0.450. The number of nitrogen functional groups attached to an aromatic ring is 2. The highest BCUT2D eigenvalue weighted by Gasteiger charge is 2.14. The summed E-state index contributed by atoms with van der Waals surface area (Å²) in [6.45, 7) is 12.0. The number of nitriles is 1. The van der Waals surface area contributed by atoms with E-state index in [2.05, 4.69) is 60.8 Å². The maximum absolute atomic E-state index is 9.34. The van der Waals surface area contributed by atoms with E-state index in [9.17, 15) is 5.26 Å². The summed E-state index contributed by atoms with van der Waals surface area (Å²) in [5.41, 5.74) is 14.3. The van der Waals surface area contributed by atoms with Crippen LogP contribution in [0.25, 0.3) is 11.3 Å². The third-order valence-electron chi connectivity index (χ3n) is 3.95. The first-order valence-corrected chi connectivity index (χ1v) is 8.94. The molecule has 0 fully saturated rings.